The number of carbonyl (C=O) groups is 1. The van der Waals surface area contributed by atoms with E-state index in [0.717, 1.165) is 10.9 Å². The van der Waals surface area contributed by atoms with Gasteiger partial charge in [0, 0.05) is 29.0 Å². The molecule has 2 aromatic rings. The average molecular weight is 436 g/mol. The second-order valence-corrected chi connectivity index (χ2v) is 8.26. The molecule has 0 unspecified atom stereocenters. The van der Waals surface area contributed by atoms with E-state index in [-0.39, 0.29) is 11.5 Å². The van der Waals surface area contributed by atoms with Gasteiger partial charge in [-0.2, -0.15) is 0 Å². The minimum absolute atomic E-state index is 0.0350. The lowest BCUT2D eigenvalue weighted by molar-refractivity contribution is -0.118. The van der Waals surface area contributed by atoms with Gasteiger partial charge in [0.1, 0.15) is 5.65 Å². The van der Waals surface area contributed by atoms with Gasteiger partial charge in [-0.3, -0.25) is 14.0 Å². The normalized spacial score (nSPS) is 14.3. The summed E-state index contributed by atoms with van der Waals surface area (Å²) < 4.78 is 2.34. The number of allylic oxidation sites excluding steroid dienone is 1. The van der Waals surface area contributed by atoms with E-state index in [1.54, 1.807) is 12.3 Å². The Hall–Kier alpha value is -1.60. The highest BCUT2D eigenvalue weighted by Gasteiger charge is 2.07. The number of fused-ring (bicyclic) bond motifs is 1. The third kappa shape index (κ3) is 5.45. The maximum absolute atomic E-state index is 12.1. The number of carbonyl (C=O) groups excluding carboxylic acids is 1. The summed E-state index contributed by atoms with van der Waals surface area (Å²) in [6, 6.07) is 5.18. The van der Waals surface area contributed by atoms with Crippen LogP contribution in [0.3, 0.4) is 0 Å². The topological polar surface area (TPSA) is 63.5 Å². The molecule has 0 aliphatic heterocycles. The maximum atomic E-state index is 12.1. The highest BCUT2D eigenvalue weighted by molar-refractivity contribution is 9.10. The number of halogens is 1. The number of rotatable bonds is 7. The largest absolute Gasteiger partial charge is 0.355 e. The predicted octanol–water partition coefficient (Wildman–Crippen LogP) is 3.70. The minimum Gasteiger partial charge on any atom is -0.355 e. The van der Waals surface area contributed by atoms with Gasteiger partial charge in [-0.05, 0) is 60.2 Å². The summed E-state index contributed by atoms with van der Waals surface area (Å²) in [6.07, 6.45) is 9.87. The van der Waals surface area contributed by atoms with Gasteiger partial charge >= 0.3 is 0 Å². The molecular weight excluding hydrogens is 414 g/mol. The van der Waals surface area contributed by atoms with Crippen LogP contribution < -0.4 is 10.9 Å². The summed E-state index contributed by atoms with van der Waals surface area (Å²) in [5.41, 5.74) is 2.66. The van der Waals surface area contributed by atoms with E-state index in [2.05, 4.69) is 32.3 Å². The van der Waals surface area contributed by atoms with Gasteiger partial charge in [-0.25, -0.2) is 4.98 Å². The van der Waals surface area contributed by atoms with Crippen molar-refractivity contribution in [3.8, 4) is 0 Å². The zero-order valence-corrected chi connectivity index (χ0v) is 16.9. The zero-order chi connectivity index (χ0) is 18.4. The van der Waals surface area contributed by atoms with Crippen molar-refractivity contribution < 1.29 is 4.79 Å². The molecule has 2 heterocycles. The Bertz CT molecular complexity index is 879. The molecule has 1 aliphatic rings. The van der Waals surface area contributed by atoms with Crippen LogP contribution >= 0.6 is 27.7 Å². The quantitative estimate of drug-likeness (QED) is 0.673. The van der Waals surface area contributed by atoms with Crippen LogP contribution in [-0.4, -0.2) is 27.6 Å². The number of nitrogens with zero attached hydrogens (tertiary/aromatic N) is 2. The first-order chi connectivity index (χ1) is 12.6. The van der Waals surface area contributed by atoms with Crippen LogP contribution in [0, 0.1) is 0 Å². The fourth-order valence-electron chi connectivity index (χ4n) is 2.99. The molecule has 1 amide bonds. The van der Waals surface area contributed by atoms with Gasteiger partial charge in [0.05, 0.1) is 11.4 Å². The third-order valence-electron chi connectivity index (χ3n) is 4.31. The van der Waals surface area contributed by atoms with Crippen molar-refractivity contribution in [2.45, 2.75) is 37.9 Å². The first-order valence-electron chi connectivity index (χ1n) is 8.82. The summed E-state index contributed by atoms with van der Waals surface area (Å²) >= 11 is 4.82. The second-order valence-electron chi connectivity index (χ2n) is 6.36. The van der Waals surface area contributed by atoms with Crippen LogP contribution in [0.2, 0.25) is 0 Å². The van der Waals surface area contributed by atoms with E-state index < -0.39 is 0 Å². The van der Waals surface area contributed by atoms with Crippen LogP contribution in [0.15, 0.2) is 45.3 Å². The third-order valence-corrected chi connectivity index (χ3v) is 5.75. The smallest absolute Gasteiger partial charge is 0.258 e. The summed E-state index contributed by atoms with van der Waals surface area (Å²) in [7, 11) is 0. The molecular formula is C19H22BrN3O2S. The van der Waals surface area contributed by atoms with Crippen LogP contribution in [0.25, 0.3) is 5.65 Å². The average Bonchev–Trinajstić information content (AvgIpc) is 2.63. The van der Waals surface area contributed by atoms with E-state index in [4.69, 9.17) is 0 Å². The Labute approximate surface area is 165 Å². The lowest BCUT2D eigenvalue weighted by atomic mass is 9.97. The fraction of sp³-hybridized carbons (Fsp3) is 0.421. The first-order valence-corrected chi connectivity index (χ1v) is 10.8. The molecule has 5 nitrogen and oxygen atoms in total. The van der Waals surface area contributed by atoms with Crippen LogP contribution in [0.5, 0.6) is 0 Å². The summed E-state index contributed by atoms with van der Waals surface area (Å²) in [4.78, 5) is 28.6. The molecule has 1 aliphatic carbocycles. The summed E-state index contributed by atoms with van der Waals surface area (Å²) in [6.45, 7) is 0.704. The molecule has 7 heteroatoms. The Morgan fingerprint density at radius 3 is 3.04 bits per heavy atom. The van der Waals surface area contributed by atoms with E-state index in [1.165, 1.54) is 53.5 Å². The van der Waals surface area contributed by atoms with E-state index >= 15 is 0 Å². The van der Waals surface area contributed by atoms with E-state index in [1.807, 2.05) is 6.07 Å². The second kappa shape index (κ2) is 9.37. The Morgan fingerprint density at radius 1 is 1.35 bits per heavy atom. The summed E-state index contributed by atoms with van der Waals surface area (Å²) in [5.74, 6) is 0.953. The van der Waals surface area contributed by atoms with Crippen molar-refractivity contribution in [3.05, 3.63) is 56.6 Å². The van der Waals surface area contributed by atoms with Gasteiger partial charge in [0.15, 0.2) is 0 Å². The Morgan fingerprint density at radius 2 is 2.23 bits per heavy atom. The molecule has 1 N–H and O–H groups in total. The molecule has 0 spiro atoms. The lowest BCUT2D eigenvalue weighted by Gasteiger charge is -2.12. The predicted molar refractivity (Wildman–Crippen MR) is 110 cm³/mol. The maximum Gasteiger partial charge on any atom is 0.258 e. The number of aromatic nitrogens is 2. The molecule has 0 radical (unpaired) electrons. The SMILES string of the molecule is O=C(CSCc1cc(=O)n2cc(Br)ccc2n1)NCCC1=CCCCC1. The van der Waals surface area contributed by atoms with Gasteiger partial charge in [-0.15, -0.1) is 11.8 Å². The summed E-state index contributed by atoms with van der Waals surface area (Å²) in [5, 5.41) is 2.97. The Balaban J connectivity index is 1.44. The molecule has 0 saturated carbocycles. The molecule has 0 saturated heterocycles. The van der Waals surface area contributed by atoms with E-state index in [0.29, 0.717) is 29.4 Å². The van der Waals surface area contributed by atoms with Crippen LogP contribution in [0.1, 0.15) is 37.8 Å². The van der Waals surface area contributed by atoms with Gasteiger partial charge in [0.25, 0.3) is 5.56 Å². The molecule has 3 rings (SSSR count). The molecule has 26 heavy (non-hydrogen) atoms. The molecule has 2 aromatic heterocycles. The highest BCUT2D eigenvalue weighted by Crippen LogP contribution is 2.19. The molecule has 0 aromatic carbocycles. The van der Waals surface area contributed by atoms with Crippen molar-refractivity contribution in [2.24, 2.45) is 0 Å². The monoisotopic (exact) mass is 435 g/mol. The van der Waals surface area contributed by atoms with Gasteiger partial charge in [0.2, 0.25) is 5.91 Å². The standard InChI is InChI=1S/C19H22BrN3O2S/c20-15-6-7-17-22-16(10-19(25)23(17)11-15)12-26-13-18(24)21-9-8-14-4-2-1-3-5-14/h4,6-7,10-11H,1-3,5,8-9,12-13H2,(H,21,24). The van der Waals surface area contributed by atoms with Crippen molar-refractivity contribution in [3.63, 3.8) is 0 Å². The number of hydrogen-bond acceptors (Lipinski definition) is 4. The lowest BCUT2D eigenvalue weighted by Crippen LogP contribution is -2.26. The highest BCUT2D eigenvalue weighted by atomic mass is 79.9. The zero-order valence-electron chi connectivity index (χ0n) is 14.5. The number of hydrogen-bond donors (Lipinski definition) is 1. The van der Waals surface area contributed by atoms with Crippen molar-refractivity contribution in [1.29, 1.82) is 0 Å². The Kier molecular flexibility index (Phi) is 6.91. The first kappa shape index (κ1) is 19.2. The number of nitrogens with one attached hydrogen (secondary N) is 1. The minimum atomic E-state index is -0.114. The number of amides is 1. The van der Waals surface area contributed by atoms with Crippen LogP contribution in [-0.2, 0) is 10.5 Å². The molecule has 0 bridgehead atoms. The van der Waals surface area contributed by atoms with Crippen molar-refractivity contribution >= 4 is 39.2 Å². The molecule has 0 fully saturated rings. The van der Waals surface area contributed by atoms with Crippen molar-refractivity contribution in [2.75, 3.05) is 12.3 Å². The van der Waals surface area contributed by atoms with Crippen molar-refractivity contribution in [1.82, 2.24) is 14.7 Å². The number of thioether (sulfide) groups is 1. The van der Waals surface area contributed by atoms with Gasteiger partial charge in [-0.1, -0.05) is 11.6 Å². The molecule has 138 valence electrons. The number of pyridine rings is 1. The van der Waals surface area contributed by atoms with E-state index in [9.17, 15) is 9.59 Å². The molecule has 0 atom stereocenters. The van der Waals surface area contributed by atoms with Gasteiger partial charge < -0.3 is 5.32 Å². The fourth-order valence-corrected chi connectivity index (χ4v) is 4.08. The van der Waals surface area contributed by atoms with Crippen LogP contribution in [0.4, 0.5) is 0 Å².